The third-order valence-corrected chi connectivity index (χ3v) is 4.86. The van der Waals surface area contributed by atoms with Gasteiger partial charge in [0.15, 0.2) is 0 Å². The molecule has 0 aliphatic heterocycles. The van der Waals surface area contributed by atoms with E-state index >= 15 is 0 Å². The molecule has 1 aromatic carbocycles. The van der Waals surface area contributed by atoms with Crippen molar-refractivity contribution in [1.29, 1.82) is 0 Å². The lowest BCUT2D eigenvalue weighted by atomic mass is 9.99. The molecule has 1 amide bonds. The van der Waals surface area contributed by atoms with Crippen LogP contribution >= 0.6 is 11.3 Å². The van der Waals surface area contributed by atoms with Crippen molar-refractivity contribution in [3.05, 3.63) is 58.0 Å². The van der Waals surface area contributed by atoms with Gasteiger partial charge in [-0.05, 0) is 59.3 Å². The molecule has 3 rings (SSSR count). The van der Waals surface area contributed by atoms with Gasteiger partial charge in [-0.3, -0.25) is 4.79 Å². The van der Waals surface area contributed by atoms with E-state index in [1.807, 2.05) is 16.8 Å². The van der Waals surface area contributed by atoms with E-state index in [2.05, 4.69) is 5.32 Å². The van der Waals surface area contributed by atoms with Crippen LogP contribution in [0.25, 0.3) is 0 Å². The van der Waals surface area contributed by atoms with Crippen molar-refractivity contribution in [3.63, 3.8) is 0 Å². The molecule has 116 valence electrons. The minimum absolute atomic E-state index is 0.0511. The summed E-state index contributed by atoms with van der Waals surface area (Å²) in [6.07, 6.45) is 0.776. The number of carbonyl (C=O) groups excluding carboxylic acids is 1. The van der Waals surface area contributed by atoms with Crippen LogP contribution in [0.15, 0.2) is 41.1 Å². The SMILES string of the molecule is CC(O)(CNC(=O)C1CC1c1ccc(F)cc1)c1ccsc1. The maximum absolute atomic E-state index is 12.9. The van der Waals surface area contributed by atoms with E-state index in [1.54, 1.807) is 19.1 Å². The molecule has 3 unspecified atom stereocenters. The molecule has 0 saturated heterocycles. The van der Waals surface area contributed by atoms with Crippen molar-refractivity contribution in [2.75, 3.05) is 6.54 Å². The Labute approximate surface area is 132 Å². The van der Waals surface area contributed by atoms with Gasteiger partial charge in [0, 0.05) is 5.92 Å². The average Bonchev–Trinajstić information content (AvgIpc) is 3.08. The molecule has 1 fully saturated rings. The summed E-state index contributed by atoms with van der Waals surface area (Å²) in [5.41, 5.74) is 0.741. The van der Waals surface area contributed by atoms with E-state index in [0.29, 0.717) is 0 Å². The fourth-order valence-corrected chi connectivity index (χ4v) is 3.41. The smallest absolute Gasteiger partial charge is 0.223 e. The molecule has 5 heteroatoms. The fraction of sp³-hybridized carbons (Fsp3) is 0.353. The maximum Gasteiger partial charge on any atom is 0.223 e. The minimum atomic E-state index is -1.06. The van der Waals surface area contributed by atoms with Crippen molar-refractivity contribution >= 4 is 17.2 Å². The number of hydrogen-bond acceptors (Lipinski definition) is 3. The zero-order valence-corrected chi connectivity index (χ0v) is 13.1. The Morgan fingerprint density at radius 3 is 2.77 bits per heavy atom. The molecule has 1 aromatic heterocycles. The van der Waals surface area contributed by atoms with Crippen LogP contribution in [0.4, 0.5) is 4.39 Å². The maximum atomic E-state index is 12.9. The number of amides is 1. The predicted molar refractivity (Wildman–Crippen MR) is 84.1 cm³/mol. The number of halogens is 1. The molecule has 1 aliphatic carbocycles. The van der Waals surface area contributed by atoms with Crippen molar-refractivity contribution in [2.24, 2.45) is 5.92 Å². The molecule has 2 N–H and O–H groups in total. The molecule has 0 radical (unpaired) electrons. The predicted octanol–water partition coefficient (Wildman–Crippen LogP) is 3.01. The standard InChI is InChI=1S/C17H18FNO2S/c1-17(21,12-6-7-22-9-12)10-19-16(20)15-8-14(15)11-2-4-13(18)5-3-11/h2-7,9,14-15,21H,8,10H2,1H3,(H,19,20). The lowest BCUT2D eigenvalue weighted by molar-refractivity contribution is -0.123. The fourth-order valence-electron chi connectivity index (χ4n) is 2.63. The molecular weight excluding hydrogens is 301 g/mol. The van der Waals surface area contributed by atoms with Crippen molar-refractivity contribution < 1.29 is 14.3 Å². The molecule has 3 atom stereocenters. The number of benzene rings is 1. The first-order valence-corrected chi connectivity index (χ1v) is 8.20. The Bertz CT molecular complexity index is 652. The van der Waals surface area contributed by atoms with E-state index < -0.39 is 5.60 Å². The molecular formula is C17H18FNO2S. The topological polar surface area (TPSA) is 49.3 Å². The summed E-state index contributed by atoms with van der Waals surface area (Å²) < 4.78 is 12.9. The van der Waals surface area contributed by atoms with E-state index in [0.717, 1.165) is 17.5 Å². The van der Waals surface area contributed by atoms with Gasteiger partial charge in [0.2, 0.25) is 5.91 Å². The largest absolute Gasteiger partial charge is 0.384 e. The highest BCUT2D eigenvalue weighted by Gasteiger charge is 2.44. The summed E-state index contributed by atoms with van der Waals surface area (Å²) in [4.78, 5) is 12.2. The average molecular weight is 319 g/mol. The number of thiophene rings is 1. The van der Waals surface area contributed by atoms with Crippen LogP contribution in [0.1, 0.15) is 30.4 Å². The first-order chi connectivity index (χ1) is 10.5. The number of hydrogen-bond donors (Lipinski definition) is 2. The summed E-state index contributed by atoms with van der Waals surface area (Å²) in [6, 6.07) is 8.16. The van der Waals surface area contributed by atoms with Gasteiger partial charge in [-0.2, -0.15) is 11.3 Å². The first-order valence-electron chi connectivity index (χ1n) is 7.25. The van der Waals surface area contributed by atoms with Crippen LogP contribution in [0.2, 0.25) is 0 Å². The first kappa shape index (κ1) is 15.2. The third-order valence-electron chi connectivity index (χ3n) is 4.18. The highest BCUT2D eigenvalue weighted by molar-refractivity contribution is 7.08. The van der Waals surface area contributed by atoms with E-state index in [4.69, 9.17) is 0 Å². The highest BCUT2D eigenvalue weighted by atomic mass is 32.1. The van der Waals surface area contributed by atoms with Gasteiger partial charge in [0.1, 0.15) is 11.4 Å². The van der Waals surface area contributed by atoms with E-state index in [1.165, 1.54) is 23.5 Å². The summed E-state index contributed by atoms with van der Waals surface area (Å²) in [5, 5.41) is 17.0. The zero-order valence-electron chi connectivity index (χ0n) is 12.3. The van der Waals surface area contributed by atoms with Gasteiger partial charge in [-0.25, -0.2) is 4.39 Å². The second-order valence-electron chi connectivity index (χ2n) is 6.00. The summed E-state index contributed by atoms with van der Waals surface area (Å²) >= 11 is 1.51. The minimum Gasteiger partial charge on any atom is -0.384 e. The monoisotopic (exact) mass is 319 g/mol. The van der Waals surface area contributed by atoms with Crippen LogP contribution in [-0.2, 0) is 10.4 Å². The second-order valence-corrected chi connectivity index (χ2v) is 6.78. The summed E-state index contributed by atoms with van der Waals surface area (Å²) in [5.74, 6) is -0.238. The van der Waals surface area contributed by atoms with E-state index in [9.17, 15) is 14.3 Å². The quantitative estimate of drug-likeness (QED) is 0.890. The molecule has 22 heavy (non-hydrogen) atoms. The lowest BCUT2D eigenvalue weighted by Crippen LogP contribution is -2.39. The van der Waals surface area contributed by atoms with Crippen LogP contribution < -0.4 is 5.32 Å². The van der Waals surface area contributed by atoms with Crippen molar-refractivity contribution in [2.45, 2.75) is 24.9 Å². The number of aliphatic hydroxyl groups is 1. The van der Waals surface area contributed by atoms with Crippen molar-refractivity contribution in [3.8, 4) is 0 Å². The van der Waals surface area contributed by atoms with Crippen LogP contribution in [-0.4, -0.2) is 17.6 Å². The molecule has 0 spiro atoms. The van der Waals surface area contributed by atoms with Gasteiger partial charge in [-0.15, -0.1) is 0 Å². The Kier molecular flexibility index (Phi) is 4.02. The van der Waals surface area contributed by atoms with Gasteiger partial charge < -0.3 is 10.4 Å². The van der Waals surface area contributed by atoms with Gasteiger partial charge >= 0.3 is 0 Å². The molecule has 3 nitrogen and oxygen atoms in total. The Hall–Kier alpha value is -1.72. The summed E-state index contributed by atoms with van der Waals surface area (Å²) in [7, 11) is 0. The normalized spacial score (nSPS) is 22.9. The van der Waals surface area contributed by atoms with Gasteiger partial charge in [-0.1, -0.05) is 12.1 Å². The number of nitrogens with one attached hydrogen (secondary N) is 1. The molecule has 1 heterocycles. The number of carbonyl (C=O) groups is 1. The Morgan fingerprint density at radius 1 is 1.41 bits per heavy atom. The molecule has 1 saturated carbocycles. The number of rotatable bonds is 5. The molecule has 0 bridgehead atoms. The highest BCUT2D eigenvalue weighted by Crippen LogP contribution is 2.47. The summed E-state index contributed by atoms with van der Waals surface area (Å²) in [6.45, 7) is 1.88. The van der Waals surface area contributed by atoms with Crippen LogP contribution in [0.3, 0.4) is 0 Å². The third kappa shape index (κ3) is 3.20. The zero-order chi connectivity index (χ0) is 15.7. The molecule has 1 aliphatic rings. The van der Waals surface area contributed by atoms with E-state index in [-0.39, 0.29) is 30.1 Å². The lowest BCUT2D eigenvalue weighted by Gasteiger charge is -2.22. The molecule has 2 aromatic rings. The van der Waals surface area contributed by atoms with Gasteiger partial charge in [0.05, 0.1) is 6.54 Å². The van der Waals surface area contributed by atoms with Gasteiger partial charge in [0.25, 0.3) is 0 Å². The van der Waals surface area contributed by atoms with Crippen LogP contribution in [0, 0.1) is 11.7 Å². The Balaban J connectivity index is 1.55. The second kappa shape index (κ2) is 5.82. The van der Waals surface area contributed by atoms with Crippen molar-refractivity contribution in [1.82, 2.24) is 5.32 Å². The Morgan fingerprint density at radius 2 is 2.14 bits per heavy atom. The van der Waals surface area contributed by atoms with Crippen LogP contribution in [0.5, 0.6) is 0 Å².